The van der Waals surface area contributed by atoms with Gasteiger partial charge in [0.2, 0.25) is 0 Å². The summed E-state index contributed by atoms with van der Waals surface area (Å²) in [6.45, 7) is 4.82. The van der Waals surface area contributed by atoms with E-state index in [0.29, 0.717) is 29.3 Å². The molecule has 0 spiro atoms. The summed E-state index contributed by atoms with van der Waals surface area (Å²) in [7, 11) is 1.61. The van der Waals surface area contributed by atoms with Gasteiger partial charge in [-0.1, -0.05) is 48.0 Å². The lowest BCUT2D eigenvalue weighted by Gasteiger charge is -2.08. The number of ketones is 1. The lowest BCUT2D eigenvalue weighted by atomic mass is 10.0. The molecule has 0 atom stereocenters. The first-order valence-corrected chi connectivity index (χ1v) is 12.1. The van der Waals surface area contributed by atoms with Crippen molar-refractivity contribution in [3.05, 3.63) is 117 Å². The van der Waals surface area contributed by atoms with Crippen molar-refractivity contribution in [3.63, 3.8) is 0 Å². The van der Waals surface area contributed by atoms with Crippen molar-refractivity contribution >= 4 is 23.3 Å². The van der Waals surface area contributed by atoms with Crippen LogP contribution in [-0.2, 0) is 19.6 Å². The van der Waals surface area contributed by atoms with Gasteiger partial charge >= 0.3 is 0 Å². The van der Waals surface area contributed by atoms with E-state index in [1.54, 1.807) is 25.2 Å². The van der Waals surface area contributed by atoms with E-state index in [9.17, 15) is 9.59 Å². The maximum absolute atomic E-state index is 13.0. The van der Waals surface area contributed by atoms with E-state index in [1.807, 2.05) is 73.1 Å². The standard InChI is InChI=1S/C29H28ClN3O3/c1-19-27(20(2)33(32-19)17-22-5-4-6-24(15-22)29(35)31-3)16-28(34)23-9-7-21(8-10-23)18-36-26-13-11-25(30)12-14-26/h4-15H,16-18H2,1-3H3,(H,31,35). The summed E-state index contributed by atoms with van der Waals surface area (Å²) in [4.78, 5) is 25.0. The molecule has 1 amide bonds. The molecular weight excluding hydrogens is 474 g/mol. The van der Waals surface area contributed by atoms with Gasteiger partial charge in [0.15, 0.2) is 5.78 Å². The number of rotatable bonds is 9. The predicted octanol–water partition coefficient (Wildman–Crippen LogP) is 5.57. The number of hydrogen-bond donors (Lipinski definition) is 1. The van der Waals surface area contributed by atoms with Crippen molar-refractivity contribution in [1.29, 1.82) is 0 Å². The van der Waals surface area contributed by atoms with Gasteiger partial charge in [-0.05, 0) is 61.4 Å². The minimum Gasteiger partial charge on any atom is -0.489 e. The molecule has 0 radical (unpaired) electrons. The fourth-order valence-electron chi connectivity index (χ4n) is 4.02. The molecule has 1 heterocycles. The van der Waals surface area contributed by atoms with Gasteiger partial charge in [-0.15, -0.1) is 0 Å². The van der Waals surface area contributed by atoms with Crippen molar-refractivity contribution in [2.75, 3.05) is 7.05 Å². The number of carbonyl (C=O) groups excluding carboxylic acids is 2. The second-order valence-corrected chi connectivity index (χ2v) is 9.06. The highest BCUT2D eigenvalue weighted by Gasteiger charge is 2.17. The van der Waals surface area contributed by atoms with Crippen LogP contribution < -0.4 is 10.1 Å². The molecular formula is C29H28ClN3O3. The molecule has 0 saturated heterocycles. The molecule has 1 N–H and O–H groups in total. The van der Waals surface area contributed by atoms with E-state index < -0.39 is 0 Å². The maximum atomic E-state index is 13.0. The molecule has 0 saturated carbocycles. The Balaban J connectivity index is 1.41. The summed E-state index contributed by atoms with van der Waals surface area (Å²) in [5, 5.41) is 7.97. The molecule has 3 aromatic carbocycles. The zero-order valence-electron chi connectivity index (χ0n) is 20.5. The maximum Gasteiger partial charge on any atom is 0.251 e. The Kier molecular flexibility index (Phi) is 7.86. The van der Waals surface area contributed by atoms with Crippen molar-refractivity contribution in [1.82, 2.24) is 15.1 Å². The van der Waals surface area contributed by atoms with Gasteiger partial charge in [-0.3, -0.25) is 14.3 Å². The third-order valence-electron chi connectivity index (χ3n) is 6.11. The third-order valence-corrected chi connectivity index (χ3v) is 6.36. The molecule has 0 fully saturated rings. The van der Waals surface area contributed by atoms with Gasteiger partial charge in [-0.2, -0.15) is 5.10 Å². The summed E-state index contributed by atoms with van der Waals surface area (Å²) >= 11 is 5.91. The number of carbonyl (C=O) groups is 2. The van der Waals surface area contributed by atoms with Crippen molar-refractivity contribution < 1.29 is 14.3 Å². The van der Waals surface area contributed by atoms with Crippen molar-refractivity contribution in [3.8, 4) is 5.75 Å². The molecule has 0 unspecified atom stereocenters. The number of ether oxygens (including phenoxy) is 1. The molecule has 184 valence electrons. The monoisotopic (exact) mass is 501 g/mol. The molecule has 4 rings (SSSR count). The number of Topliss-reactive ketones (excluding diaryl/α,β-unsaturated/α-hetero) is 1. The van der Waals surface area contributed by atoms with E-state index in [2.05, 4.69) is 10.4 Å². The largest absolute Gasteiger partial charge is 0.489 e. The normalized spacial score (nSPS) is 10.8. The second-order valence-electron chi connectivity index (χ2n) is 8.63. The summed E-state index contributed by atoms with van der Waals surface area (Å²) in [5.74, 6) is 0.648. The van der Waals surface area contributed by atoms with Gasteiger partial charge in [-0.25, -0.2) is 0 Å². The summed E-state index contributed by atoms with van der Waals surface area (Å²) in [5.41, 5.74) is 5.90. The van der Waals surface area contributed by atoms with Crippen LogP contribution in [0.3, 0.4) is 0 Å². The Morgan fingerprint density at radius 2 is 1.67 bits per heavy atom. The molecule has 1 aromatic heterocycles. The molecule has 0 aliphatic carbocycles. The number of nitrogens with zero attached hydrogens (tertiary/aromatic N) is 2. The first-order valence-electron chi connectivity index (χ1n) is 11.7. The first-order chi connectivity index (χ1) is 17.3. The molecule has 0 bridgehead atoms. The van der Waals surface area contributed by atoms with Gasteiger partial charge in [0, 0.05) is 40.9 Å². The minimum atomic E-state index is -0.126. The second kappa shape index (κ2) is 11.2. The van der Waals surface area contributed by atoms with Gasteiger partial charge < -0.3 is 10.1 Å². The predicted molar refractivity (Wildman–Crippen MR) is 141 cm³/mol. The van der Waals surface area contributed by atoms with Crippen LogP contribution in [0.5, 0.6) is 5.75 Å². The molecule has 0 aliphatic rings. The van der Waals surface area contributed by atoms with E-state index in [4.69, 9.17) is 16.3 Å². The van der Waals surface area contributed by atoms with Crippen LogP contribution >= 0.6 is 11.6 Å². The SMILES string of the molecule is CNC(=O)c1cccc(Cn2nc(C)c(CC(=O)c3ccc(COc4ccc(Cl)cc4)cc3)c2C)c1. The minimum absolute atomic E-state index is 0.0348. The highest BCUT2D eigenvalue weighted by Crippen LogP contribution is 2.20. The Hall–Kier alpha value is -3.90. The Morgan fingerprint density at radius 3 is 2.36 bits per heavy atom. The fraction of sp³-hybridized carbons (Fsp3) is 0.207. The lowest BCUT2D eigenvalue weighted by Crippen LogP contribution is -2.18. The van der Waals surface area contributed by atoms with Gasteiger partial charge in [0.05, 0.1) is 12.2 Å². The quantitative estimate of drug-likeness (QED) is 0.304. The number of amides is 1. The average Bonchev–Trinajstić information content (AvgIpc) is 3.15. The molecule has 0 aliphatic heterocycles. The fourth-order valence-corrected chi connectivity index (χ4v) is 4.14. The zero-order valence-corrected chi connectivity index (χ0v) is 21.3. The van der Waals surface area contributed by atoms with Crippen LogP contribution in [0.25, 0.3) is 0 Å². The number of aryl methyl sites for hydroxylation is 1. The highest BCUT2D eigenvalue weighted by molar-refractivity contribution is 6.30. The van der Waals surface area contributed by atoms with Crippen LogP contribution in [0.2, 0.25) is 5.02 Å². The van der Waals surface area contributed by atoms with E-state index in [1.165, 1.54) is 0 Å². The van der Waals surface area contributed by atoms with Crippen LogP contribution in [-0.4, -0.2) is 28.5 Å². The Labute approximate surface area is 215 Å². The number of halogens is 1. The van der Waals surface area contributed by atoms with Crippen LogP contribution in [0.4, 0.5) is 0 Å². The Bertz CT molecular complexity index is 1380. The smallest absolute Gasteiger partial charge is 0.251 e. The molecule has 7 heteroatoms. The third kappa shape index (κ3) is 6.01. The lowest BCUT2D eigenvalue weighted by molar-refractivity contribution is 0.0961. The van der Waals surface area contributed by atoms with Gasteiger partial charge in [0.25, 0.3) is 5.91 Å². The van der Waals surface area contributed by atoms with Gasteiger partial charge in [0.1, 0.15) is 12.4 Å². The summed E-state index contributed by atoms with van der Waals surface area (Å²) in [6.07, 6.45) is 0.274. The molecule has 4 aromatic rings. The number of hydrogen-bond acceptors (Lipinski definition) is 4. The topological polar surface area (TPSA) is 73.2 Å². The van der Waals surface area contributed by atoms with Crippen molar-refractivity contribution in [2.45, 2.75) is 33.4 Å². The van der Waals surface area contributed by atoms with Crippen LogP contribution in [0.1, 0.15) is 48.8 Å². The van der Waals surface area contributed by atoms with E-state index >= 15 is 0 Å². The summed E-state index contributed by atoms with van der Waals surface area (Å²) < 4.78 is 7.66. The summed E-state index contributed by atoms with van der Waals surface area (Å²) in [6, 6.07) is 22.2. The molecule has 6 nitrogen and oxygen atoms in total. The van der Waals surface area contributed by atoms with E-state index in [0.717, 1.165) is 33.8 Å². The zero-order chi connectivity index (χ0) is 25.7. The first kappa shape index (κ1) is 25.2. The number of aromatic nitrogens is 2. The molecule has 36 heavy (non-hydrogen) atoms. The Morgan fingerprint density at radius 1 is 0.944 bits per heavy atom. The number of benzene rings is 3. The van der Waals surface area contributed by atoms with Crippen LogP contribution in [0.15, 0.2) is 72.8 Å². The highest BCUT2D eigenvalue weighted by atomic mass is 35.5. The number of nitrogens with one attached hydrogen (secondary N) is 1. The van der Waals surface area contributed by atoms with Crippen molar-refractivity contribution in [2.24, 2.45) is 0 Å². The average molecular weight is 502 g/mol. The van der Waals surface area contributed by atoms with Crippen LogP contribution in [0, 0.1) is 13.8 Å². The van der Waals surface area contributed by atoms with E-state index in [-0.39, 0.29) is 18.1 Å².